The first kappa shape index (κ1) is 14.4. The molecule has 0 saturated carbocycles. The van der Waals surface area contributed by atoms with E-state index in [2.05, 4.69) is 15.0 Å². The molecule has 0 aliphatic carbocycles. The highest BCUT2D eigenvalue weighted by molar-refractivity contribution is 5.90. The summed E-state index contributed by atoms with van der Waals surface area (Å²) in [4.78, 5) is 15.6. The van der Waals surface area contributed by atoms with Gasteiger partial charge in [-0.2, -0.15) is 0 Å². The molecule has 1 rings (SSSR count). The van der Waals surface area contributed by atoms with Crippen LogP contribution in [0.4, 0.5) is 5.82 Å². The van der Waals surface area contributed by atoms with Crippen LogP contribution in [0.25, 0.3) is 0 Å². The molecular formula is C13H20N2O3. The zero-order chi connectivity index (χ0) is 13.6. The van der Waals surface area contributed by atoms with Gasteiger partial charge in [0.2, 0.25) is 0 Å². The molecule has 1 aromatic heterocycles. The molecule has 1 aromatic rings. The normalized spacial score (nSPS) is 11.1. The fourth-order valence-electron chi connectivity index (χ4n) is 1.71. The Morgan fingerprint density at radius 1 is 1.50 bits per heavy atom. The minimum absolute atomic E-state index is 0.0180. The Kier molecular flexibility index (Phi) is 5.09. The number of anilines is 1. The molecule has 0 atom stereocenters. The van der Waals surface area contributed by atoms with Crippen LogP contribution in [0.15, 0.2) is 18.3 Å². The van der Waals surface area contributed by atoms with Crippen molar-refractivity contribution in [3.05, 3.63) is 23.9 Å². The van der Waals surface area contributed by atoms with E-state index in [-0.39, 0.29) is 6.61 Å². The van der Waals surface area contributed by atoms with E-state index >= 15 is 0 Å². The molecule has 0 fully saturated rings. The van der Waals surface area contributed by atoms with E-state index in [0.717, 1.165) is 12.8 Å². The number of carbonyl (C=O) groups is 1. The van der Waals surface area contributed by atoms with Gasteiger partial charge in [-0.25, -0.2) is 9.78 Å². The highest BCUT2D eigenvalue weighted by atomic mass is 16.5. The van der Waals surface area contributed by atoms with Crippen molar-refractivity contribution in [3.63, 3.8) is 0 Å². The third kappa shape index (κ3) is 3.20. The average molecular weight is 252 g/mol. The highest BCUT2D eigenvalue weighted by Crippen LogP contribution is 2.21. The number of rotatable bonds is 6. The summed E-state index contributed by atoms with van der Waals surface area (Å²) < 4.78 is 4.66. The maximum absolute atomic E-state index is 11.4. The van der Waals surface area contributed by atoms with E-state index in [4.69, 9.17) is 0 Å². The Bertz CT molecular complexity index is 395. The number of nitrogens with one attached hydrogen (secondary N) is 1. The molecule has 2 N–H and O–H groups in total. The first-order chi connectivity index (χ1) is 8.60. The van der Waals surface area contributed by atoms with Crippen molar-refractivity contribution < 1.29 is 14.6 Å². The predicted molar refractivity (Wildman–Crippen MR) is 69.6 cm³/mol. The third-order valence-electron chi connectivity index (χ3n) is 3.23. The lowest BCUT2D eigenvalue weighted by Crippen LogP contribution is -2.41. The molecule has 0 radical (unpaired) electrons. The van der Waals surface area contributed by atoms with Gasteiger partial charge >= 0.3 is 5.97 Å². The molecular weight excluding hydrogens is 232 g/mol. The largest absolute Gasteiger partial charge is 0.465 e. The van der Waals surface area contributed by atoms with Crippen LogP contribution >= 0.6 is 0 Å². The number of pyridine rings is 1. The molecule has 0 aromatic carbocycles. The summed E-state index contributed by atoms with van der Waals surface area (Å²) in [5.74, 6) is 0.165. The Balaban J connectivity index is 2.93. The lowest BCUT2D eigenvalue weighted by Gasteiger charge is -2.31. The number of aliphatic hydroxyl groups is 1. The number of aliphatic hydroxyl groups excluding tert-OH is 1. The second-order valence-corrected chi connectivity index (χ2v) is 4.19. The van der Waals surface area contributed by atoms with E-state index in [0.29, 0.717) is 11.4 Å². The first-order valence-electron chi connectivity index (χ1n) is 6.04. The molecule has 0 saturated heterocycles. The number of nitrogens with zero attached hydrogens (tertiary/aromatic N) is 1. The van der Waals surface area contributed by atoms with Crippen LogP contribution in [0.2, 0.25) is 0 Å². The summed E-state index contributed by atoms with van der Waals surface area (Å²) in [6, 6.07) is 3.22. The SMILES string of the molecule is CCC(CC)(CO)Nc1cc(C(=O)OC)ccn1. The average Bonchev–Trinajstić information content (AvgIpc) is 2.44. The van der Waals surface area contributed by atoms with Crippen LogP contribution in [0.1, 0.15) is 37.0 Å². The first-order valence-corrected chi connectivity index (χ1v) is 6.04. The molecule has 18 heavy (non-hydrogen) atoms. The molecule has 0 bridgehead atoms. The van der Waals surface area contributed by atoms with Gasteiger partial charge in [0.15, 0.2) is 0 Å². The summed E-state index contributed by atoms with van der Waals surface area (Å²) in [6.45, 7) is 4.01. The molecule has 5 heteroatoms. The Morgan fingerprint density at radius 3 is 2.67 bits per heavy atom. The van der Waals surface area contributed by atoms with E-state index < -0.39 is 11.5 Å². The van der Waals surface area contributed by atoms with Gasteiger partial charge in [-0.1, -0.05) is 13.8 Å². The van der Waals surface area contributed by atoms with Gasteiger partial charge in [-0.15, -0.1) is 0 Å². The zero-order valence-corrected chi connectivity index (χ0v) is 11.1. The standard InChI is InChI=1S/C13H20N2O3/c1-4-13(5-2,9-16)15-11-8-10(6-7-14-11)12(17)18-3/h6-8,16H,4-5,9H2,1-3H3,(H,14,15). The van der Waals surface area contributed by atoms with Crippen molar-refractivity contribution in [1.29, 1.82) is 0 Å². The second-order valence-electron chi connectivity index (χ2n) is 4.19. The van der Waals surface area contributed by atoms with Gasteiger partial charge in [-0.3, -0.25) is 0 Å². The summed E-state index contributed by atoms with van der Waals surface area (Å²) in [5.41, 5.74) is 0.0379. The van der Waals surface area contributed by atoms with Crippen LogP contribution in [0.3, 0.4) is 0 Å². The fraction of sp³-hybridized carbons (Fsp3) is 0.538. The summed E-state index contributed by atoms with van der Waals surface area (Å²) >= 11 is 0. The maximum atomic E-state index is 11.4. The van der Waals surface area contributed by atoms with Gasteiger partial charge in [0.05, 0.1) is 24.8 Å². The van der Waals surface area contributed by atoms with Crippen LogP contribution in [0.5, 0.6) is 0 Å². The fourth-order valence-corrected chi connectivity index (χ4v) is 1.71. The second kappa shape index (κ2) is 6.35. The number of methoxy groups -OCH3 is 1. The van der Waals surface area contributed by atoms with Gasteiger partial charge in [0.1, 0.15) is 5.82 Å². The number of esters is 1. The topological polar surface area (TPSA) is 71.5 Å². The summed E-state index contributed by atoms with van der Waals surface area (Å²) in [7, 11) is 1.34. The molecule has 0 unspecified atom stereocenters. The number of hydrogen-bond donors (Lipinski definition) is 2. The molecule has 5 nitrogen and oxygen atoms in total. The molecule has 0 spiro atoms. The summed E-state index contributed by atoms with van der Waals surface area (Å²) in [5, 5.41) is 12.7. The van der Waals surface area contributed by atoms with Crippen molar-refractivity contribution in [2.24, 2.45) is 0 Å². The molecule has 0 aliphatic heterocycles. The van der Waals surface area contributed by atoms with Crippen LogP contribution in [0, 0.1) is 0 Å². The van der Waals surface area contributed by atoms with Gasteiger partial charge in [-0.05, 0) is 25.0 Å². The minimum atomic E-state index is -0.401. The lowest BCUT2D eigenvalue weighted by atomic mass is 9.94. The lowest BCUT2D eigenvalue weighted by molar-refractivity contribution is 0.0600. The Morgan fingerprint density at radius 2 is 2.17 bits per heavy atom. The van der Waals surface area contributed by atoms with Gasteiger partial charge in [0.25, 0.3) is 0 Å². The summed E-state index contributed by atoms with van der Waals surface area (Å²) in [6.07, 6.45) is 3.08. The van der Waals surface area contributed by atoms with E-state index in [9.17, 15) is 9.90 Å². The highest BCUT2D eigenvalue weighted by Gasteiger charge is 2.25. The van der Waals surface area contributed by atoms with Crippen LogP contribution in [-0.2, 0) is 4.74 Å². The van der Waals surface area contributed by atoms with Crippen molar-refractivity contribution in [3.8, 4) is 0 Å². The number of aromatic nitrogens is 1. The van der Waals surface area contributed by atoms with Crippen molar-refractivity contribution in [2.75, 3.05) is 19.0 Å². The number of carbonyl (C=O) groups excluding carboxylic acids is 1. The quantitative estimate of drug-likeness (QED) is 0.756. The number of ether oxygens (including phenoxy) is 1. The van der Waals surface area contributed by atoms with Gasteiger partial charge in [0, 0.05) is 6.20 Å². The van der Waals surface area contributed by atoms with Crippen LogP contribution < -0.4 is 5.32 Å². The number of hydrogen-bond acceptors (Lipinski definition) is 5. The van der Waals surface area contributed by atoms with Crippen molar-refractivity contribution >= 4 is 11.8 Å². The van der Waals surface area contributed by atoms with Crippen molar-refractivity contribution in [2.45, 2.75) is 32.2 Å². The van der Waals surface area contributed by atoms with E-state index in [1.807, 2.05) is 13.8 Å². The van der Waals surface area contributed by atoms with Crippen LogP contribution in [-0.4, -0.2) is 35.3 Å². The van der Waals surface area contributed by atoms with Crippen molar-refractivity contribution in [1.82, 2.24) is 4.98 Å². The molecule has 100 valence electrons. The van der Waals surface area contributed by atoms with E-state index in [1.54, 1.807) is 18.3 Å². The molecule has 0 amide bonds. The minimum Gasteiger partial charge on any atom is -0.465 e. The Hall–Kier alpha value is -1.62. The maximum Gasteiger partial charge on any atom is 0.338 e. The smallest absolute Gasteiger partial charge is 0.338 e. The van der Waals surface area contributed by atoms with E-state index in [1.165, 1.54) is 7.11 Å². The molecule has 0 aliphatic rings. The molecule has 1 heterocycles. The predicted octanol–water partition coefficient (Wildman–Crippen LogP) is 1.83. The van der Waals surface area contributed by atoms with Gasteiger partial charge < -0.3 is 15.2 Å². The zero-order valence-electron chi connectivity index (χ0n) is 11.1. The Labute approximate surface area is 107 Å². The third-order valence-corrected chi connectivity index (χ3v) is 3.23. The monoisotopic (exact) mass is 252 g/mol.